The van der Waals surface area contributed by atoms with E-state index in [1.54, 1.807) is 20.9 Å². The maximum atomic E-state index is 11.3. The number of nitrogens with zero attached hydrogens (tertiary/aromatic N) is 2. The summed E-state index contributed by atoms with van der Waals surface area (Å²) in [6.07, 6.45) is 0. The molecule has 0 saturated heterocycles. The van der Waals surface area contributed by atoms with Gasteiger partial charge < -0.3 is 4.74 Å². The fourth-order valence-electron chi connectivity index (χ4n) is 1.00. The van der Waals surface area contributed by atoms with Gasteiger partial charge in [-0.2, -0.15) is 5.10 Å². The highest BCUT2D eigenvalue weighted by atomic mass is 35.5. The van der Waals surface area contributed by atoms with Crippen LogP contribution in [-0.4, -0.2) is 22.4 Å². The summed E-state index contributed by atoms with van der Waals surface area (Å²) in [5, 5.41) is 4.40. The summed E-state index contributed by atoms with van der Waals surface area (Å²) >= 11 is 5.84. The summed E-state index contributed by atoms with van der Waals surface area (Å²) < 4.78 is 6.25. The van der Waals surface area contributed by atoms with Crippen molar-refractivity contribution in [3.8, 4) is 0 Å². The number of rotatable bonds is 2. The molecule has 0 aliphatic rings. The van der Waals surface area contributed by atoms with Crippen molar-refractivity contribution in [2.24, 2.45) is 7.05 Å². The van der Waals surface area contributed by atoms with Crippen LogP contribution < -0.4 is 0 Å². The van der Waals surface area contributed by atoms with Gasteiger partial charge >= 0.3 is 5.97 Å². The lowest BCUT2D eigenvalue weighted by atomic mass is 10.3. The Labute approximate surface area is 81.4 Å². The Balaban J connectivity index is 3.01. The van der Waals surface area contributed by atoms with E-state index in [4.69, 9.17) is 16.3 Å². The Bertz CT molecular complexity index is 333. The van der Waals surface area contributed by atoms with Gasteiger partial charge in [-0.15, -0.1) is 0 Å². The predicted molar refractivity (Wildman–Crippen MR) is 48.9 cm³/mol. The van der Waals surface area contributed by atoms with E-state index in [0.29, 0.717) is 17.3 Å². The van der Waals surface area contributed by atoms with Crippen molar-refractivity contribution >= 4 is 17.6 Å². The molecule has 4 nitrogen and oxygen atoms in total. The lowest BCUT2D eigenvalue weighted by Crippen LogP contribution is -2.07. The Morgan fingerprint density at radius 1 is 1.69 bits per heavy atom. The molecule has 13 heavy (non-hydrogen) atoms. The van der Waals surface area contributed by atoms with Gasteiger partial charge in [0.05, 0.1) is 6.61 Å². The van der Waals surface area contributed by atoms with Crippen molar-refractivity contribution in [1.29, 1.82) is 0 Å². The molecule has 0 fully saturated rings. The van der Waals surface area contributed by atoms with Gasteiger partial charge in [0.1, 0.15) is 5.15 Å². The number of esters is 1. The molecule has 0 aliphatic heterocycles. The van der Waals surface area contributed by atoms with Gasteiger partial charge in [0.15, 0.2) is 5.69 Å². The van der Waals surface area contributed by atoms with Crippen LogP contribution in [0.25, 0.3) is 0 Å². The van der Waals surface area contributed by atoms with Gasteiger partial charge in [0, 0.05) is 12.6 Å². The second-order valence-corrected chi connectivity index (χ2v) is 2.97. The fraction of sp³-hybridized carbons (Fsp3) is 0.500. The summed E-state index contributed by atoms with van der Waals surface area (Å²) in [5.74, 6) is -0.428. The minimum absolute atomic E-state index is 0.286. The van der Waals surface area contributed by atoms with Gasteiger partial charge in [-0.05, 0) is 13.8 Å². The quantitative estimate of drug-likeness (QED) is 0.684. The minimum Gasteiger partial charge on any atom is -0.461 e. The highest BCUT2D eigenvalue weighted by Crippen LogP contribution is 2.18. The Morgan fingerprint density at radius 2 is 2.31 bits per heavy atom. The van der Waals surface area contributed by atoms with E-state index in [-0.39, 0.29) is 5.69 Å². The van der Waals surface area contributed by atoms with Crippen LogP contribution in [0.4, 0.5) is 0 Å². The third-order valence-electron chi connectivity index (χ3n) is 1.67. The van der Waals surface area contributed by atoms with Gasteiger partial charge in [-0.3, -0.25) is 4.68 Å². The lowest BCUT2D eigenvalue weighted by Gasteiger charge is -1.97. The number of carbonyl (C=O) groups is 1. The van der Waals surface area contributed by atoms with Crippen LogP contribution >= 0.6 is 11.6 Å². The Morgan fingerprint density at radius 3 is 2.69 bits per heavy atom. The standard InChI is InChI=1S/C8H11ClN2O2/c1-4-13-8(12)6-5(2)7(9)11(3)10-6/h4H2,1-3H3. The third-order valence-corrected chi connectivity index (χ3v) is 2.20. The summed E-state index contributed by atoms with van der Waals surface area (Å²) in [4.78, 5) is 11.3. The molecular formula is C8H11ClN2O2. The van der Waals surface area contributed by atoms with Crippen molar-refractivity contribution < 1.29 is 9.53 Å². The van der Waals surface area contributed by atoms with E-state index in [9.17, 15) is 4.79 Å². The van der Waals surface area contributed by atoms with Gasteiger partial charge in [0.25, 0.3) is 0 Å². The SMILES string of the molecule is CCOC(=O)c1nn(C)c(Cl)c1C. The Kier molecular flexibility index (Phi) is 2.93. The number of carbonyl (C=O) groups excluding carboxylic acids is 1. The minimum atomic E-state index is -0.428. The van der Waals surface area contributed by atoms with Crippen molar-refractivity contribution in [1.82, 2.24) is 9.78 Å². The molecule has 0 bridgehead atoms. The fourth-order valence-corrected chi connectivity index (χ4v) is 1.13. The number of aryl methyl sites for hydroxylation is 1. The van der Waals surface area contributed by atoms with Crippen LogP contribution in [0.2, 0.25) is 5.15 Å². The maximum Gasteiger partial charge on any atom is 0.359 e. The average molecular weight is 203 g/mol. The van der Waals surface area contributed by atoms with Crippen molar-refractivity contribution in [3.05, 3.63) is 16.4 Å². The van der Waals surface area contributed by atoms with Gasteiger partial charge in [-0.1, -0.05) is 11.6 Å². The smallest absolute Gasteiger partial charge is 0.359 e. The van der Waals surface area contributed by atoms with E-state index in [1.165, 1.54) is 4.68 Å². The zero-order chi connectivity index (χ0) is 10.0. The second-order valence-electron chi connectivity index (χ2n) is 2.61. The summed E-state index contributed by atoms with van der Waals surface area (Å²) in [6, 6.07) is 0. The first-order valence-corrected chi connectivity index (χ1v) is 4.32. The second kappa shape index (κ2) is 3.79. The first-order valence-electron chi connectivity index (χ1n) is 3.94. The van der Waals surface area contributed by atoms with E-state index < -0.39 is 5.97 Å². The van der Waals surface area contributed by atoms with Crippen LogP contribution in [0, 0.1) is 6.92 Å². The number of hydrogen-bond acceptors (Lipinski definition) is 3. The van der Waals surface area contributed by atoms with E-state index >= 15 is 0 Å². The number of ether oxygens (including phenoxy) is 1. The molecule has 1 aromatic heterocycles. The molecule has 0 aromatic carbocycles. The average Bonchev–Trinajstić information content (AvgIpc) is 2.33. The number of halogens is 1. The molecule has 0 saturated carbocycles. The number of hydrogen-bond donors (Lipinski definition) is 0. The molecule has 0 radical (unpaired) electrons. The predicted octanol–water partition coefficient (Wildman–Crippen LogP) is 1.56. The Hall–Kier alpha value is -1.03. The first kappa shape index (κ1) is 10.1. The molecule has 1 heterocycles. The van der Waals surface area contributed by atoms with Gasteiger partial charge in [0.2, 0.25) is 0 Å². The largest absolute Gasteiger partial charge is 0.461 e. The highest BCUT2D eigenvalue weighted by Gasteiger charge is 2.17. The summed E-state index contributed by atoms with van der Waals surface area (Å²) in [6.45, 7) is 3.83. The number of aromatic nitrogens is 2. The molecule has 0 amide bonds. The van der Waals surface area contributed by atoms with E-state index in [2.05, 4.69) is 5.10 Å². The van der Waals surface area contributed by atoms with Crippen molar-refractivity contribution in [2.45, 2.75) is 13.8 Å². The third kappa shape index (κ3) is 1.83. The lowest BCUT2D eigenvalue weighted by molar-refractivity contribution is 0.0518. The van der Waals surface area contributed by atoms with Crippen LogP contribution in [0.3, 0.4) is 0 Å². The molecule has 0 spiro atoms. The normalized spacial score (nSPS) is 10.2. The monoisotopic (exact) mass is 202 g/mol. The van der Waals surface area contributed by atoms with Crippen LogP contribution in [0.1, 0.15) is 23.0 Å². The molecule has 1 rings (SSSR count). The summed E-state index contributed by atoms with van der Waals surface area (Å²) in [7, 11) is 1.68. The van der Waals surface area contributed by atoms with Crippen molar-refractivity contribution in [3.63, 3.8) is 0 Å². The van der Waals surface area contributed by atoms with Crippen LogP contribution in [0.5, 0.6) is 0 Å². The molecule has 0 unspecified atom stereocenters. The first-order chi connectivity index (χ1) is 6.07. The van der Waals surface area contributed by atoms with Gasteiger partial charge in [-0.25, -0.2) is 4.79 Å². The summed E-state index contributed by atoms with van der Waals surface area (Å²) in [5.41, 5.74) is 0.942. The molecule has 0 N–H and O–H groups in total. The molecule has 1 aromatic rings. The zero-order valence-electron chi connectivity index (χ0n) is 7.80. The van der Waals surface area contributed by atoms with Crippen LogP contribution in [0.15, 0.2) is 0 Å². The van der Waals surface area contributed by atoms with Crippen LogP contribution in [-0.2, 0) is 11.8 Å². The van der Waals surface area contributed by atoms with E-state index in [1.807, 2.05) is 0 Å². The molecule has 72 valence electrons. The zero-order valence-corrected chi connectivity index (χ0v) is 8.55. The molecule has 5 heteroatoms. The highest BCUT2D eigenvalue weighted by molar-refractivity contribution is 6.30. The molecule has 0 aliphatic carbocycles. The topological polar surface area (TPSA) is 44.1 Å². The maximum absolute atomic E-state index is 11.3. The van der Waals surface area contributed by atoms with E-state index in [0.717, 1.165) is 0 Å². The molecule has 0 atom stereocenters. The van der Waals surface area contributed by atoms with Crippen molar-refractivity contribution in [2.75, 3.05) is 6.61 Å². The molecular weight excluding hydrogens is 192 g/mol.